The summed E-state index contributed by atoms with van der Waals surface area (Å²) in [5, 5.41) is 0. The van der Waals surface area contributed by atoms with E-state index in [1.54, 1.807) is 6.20 Å². The van der Waals surface area contributed by atoms with Crippen LogP contribution < -0.4 is 10.5 Å². The maximum Gasteiger partial charge on any atom is 0.317 e. The van der Waals surface area contributed by atoms with E-state index in [1.807, 2.05) is 6.92 Å². The van der Waals surface area contributed by atoms with Crippen molar-refractivity contribution in [3.05, 3.63) is 52.8 Å². The number of hydrogen-bond acceptors (Lipinski definition) is 4. The van der Waals surface area contributed by atoms with Crippen molar-refractivity contribution in [3.8, 4) is 6.01 Å². The van der Waals surface area contributed by atoms with Gasteiger partial charge >= 0.3 is 6.01 Å². The lowest BCUT2D eigenvalue weighted by Gasteiger charge is -2.25. The lowest BCUT2D eigenvalue weighted by Crippen LogP contribution is -2.16. The SMILES string of the molecule is Cc1nc(OC2CCCc3ccccc32)ncc1CN. The van der Waals surface area contributed by atoms with Gasteiger partial charge in [0.1, 0.15) is 6.10 Å². The van der Waals surface area contributed by atoms with Gasteiger partial charge in [-0.3, -0.25) is 0 Å². The molecule has 1 aliphatic carbocycles. The molecule has 1 aromatic heterocycles. The molecule has 0 bridgehead atoms. The van der Waals surface area contributed by atoms with E-state index in [0.29, 0.717) is 12.6 Å². The van der Waals surface area contributed by atoms with E-state index in [9.17, 15) is 0 Å². The van der Waals surface area contributed by atoms with Crippen molar-refractivity contribution in [3.63, 3.8) is 0 Å². The average molecular weight is 269 g/mol. The van der Waals surface area contributed by atoms with Crippen molar-refractivity contribution in [1.29, 1.82) is 0 Å². The van der Waals surface area contributed by atoms with Gasteiger partial charge in [-0.25, -0.2) is 9.97 Å². The highest BCUT2D eigenvalue weighted by Crippen LogP contribution is 2.32. The highest BCUT2D eigenvalue weighted by Gasteiger charge is 2.22. The Balaban J connectivity index is 1.84. The van der Waals surface area contributed by atoms with Crippen LogP contribution in [0.4, 0.5) is 0 Å². The molecule has 20 heavy (non-hydrogen) atoms. The standard InChI is InChI=1S/C16H19N3O/c1-11-13(9-17)10-18-16(19-11)20-15-8-4-6-12-5-2-3-7-14(12)15/h2-3,5,7,10,15H,4,6,8-9,17H2,1H3. The fraction of sp³-hybridized carbons (Fsp3) is 0.375. The Morgan fingerprint density at radius 3 is 3.00 bits per heavy atom. The molecule has 0 saturated heterocycles. The molecule has 1 unspecified atom stereocenters. The summed E-state index contributed by atoms with van der Waals surface area (Å²) < 4.78 is 6.00. The molecular formula is C16H19N3O. The Bertz CT molecular complexity index is 612. The lowest BCUT2D eigenvalue weighted by molar-refractivity contribution is 0.167. The molecule has 2 aromatic rings. The molecular weight excluding hydrogens is 250 g/mol. The number of nitrogens with two attached hydrogens (primary N) is 1. The van der Waals surface area contributed by atoms with Gasteiger partial charge in [0, 0.05) is 24.0 Å². The first-order chi connectivity index (χ1) is 9.78. The molecule has 0 aliphatic heterocycles. The van der Waals surface area contributed by atoms with Gasteiger partial charge in [0.25, 0.3) is 0 Å². The Morgan fingerprint density at radius 2 is 2.20 bits per heavy atom. The van der Waals surface area contributed by atoms with Crippen LogP contribution >= 0.6 is 0 Å². The second-order valence-corrected chi connectivity index (χ2v) is 5.16. The van der Waals surface area contributed by atoms with Crippen molar-refractivity contribution in [2.24, 2.45) is 5.73 Å². The zero-order valence-corrected chi connectivity index (χ0v) is 11.7. The number of benzene rings is 1. The van der Waals surface area contributed by atoms with Gasteiger partial charge in [-0.2, -0.15) is 0 Å². The zero-order chi connectivity index (χ0) is 13.9. The molecule has 3 rings (SSSR count). The van der Waals surface area contributed by atoms with Crippen molar-refractivity contribution in [1.82, 2.24) is 9.97 Å². The third kappa shape index (κ3) is 2.51. The number of aryl methyl sites for hydroxylation is 2. The summed E-state index contributed by atoms with van der Waals surface area (Å²) in [5.41, 5.74) is 10.1. The van der Waals surface area contributed by atoms with Gasteiger partial charge in [0.05, 0.1) is 0 Å². The van der Waals surface area contributed by atoms with E-state index in [4.69, 9.17) is 10.5 Å². The fourth-order valence-corrected chi connectivity index (χ4v) is 2.69. The lowest BCUT2D eigenvalue weighted by atomic mass is 9.89. The maximum atomic E-state index is 6.00. The molecule has 1 aromatic carbocycles. The molecule has 0 fully saturated rings. The predicted molar refractivity (Wildman–Crippen MR) is 77.4 cm³/mol. The van der Waals surface area contributed by atoms with Gasteiger partial charge in [-0.1, -0.05) is 24.3 Å². The molecule has 1 heterocycles. The minimum Gasteiger partial charge on any atom is -0.455 e. The molecule has 0 saturated carbocycles. The molecule has 4 nitrogen and oxygen atoms in total. The Labute approximate surface area is 119 Å². The minimum atomic E-state index is 0.0584. The summed E-state index contributed by atoms with van der Waals surface area (Å²) in [7, 11) is 0. The molecule has 0 radical (unpaired) electrons. The highest BCUT2D eigenvalue weighted by molar-refractivity contribution is 5.31. The Kier molecular flexibility index (Phi) is 3.65. The largest absolute Gasteiger partial charge is 0.455 e. The highest BCUT2D eigenvalue weighted by atomic mass is 16.5. The van der Waals surface area contributed by atoms with Crippen LogP contribution in [0.15, 0.2) is 30.5 Å². The number of hydrogen-bond donors (Lipinski definition) is 1. The molecule has 2 N–H and O–H groups in total. The number of nitrogens with zero attached hydrogens (tertiary/aromatic N) is 2. The van der Waals surface area contributed by atoms with Crippen LogP contribution in [0.3, 0.4) is 0 Å². The summed E-state index contributed by atoms with van der Waals surface area (Å²) in [4.78, 5) is 8.66. The van der Waals surface area contributed by atoms with Crippen LogP contribution in [0.2, 0.25) is 0 Å². The summed E-state index contributed by atoms with van der Waals surface area (Å²) in [6, 6.07) is 8.90. The van der Waals surface area contributed by atoms with Gasteiger partial charge < -0.3 is 10.5 Å². The topological polar surface area (TPSA) is 61.0 Å². The third-order valence-electron chi connectivity index (χ3n) is 3.84. The van der Waals surface area contributed by atoms with Crippen molar-refractivity contribution < 1.29 is 4.74 Å². The summed E-state index contributed by atoms with van der Waals surface area (Å²) in [6.45, 7) is 2.39. The molecule has 1 aliphatic rings. The normalized spacial score (nSPS) is 17.6. The van der Waals surface area contributed by atoms with Gasteiger partial charge in [-0.05, 0) is 37.3 Å². The fourth-order valence-electron chi connectivity index (χ4n) is 2.69. The first-order valence-electron chi connectivity index (χ1n) is 7.05. The first-order valence-corrected chi connectivity index (χ1v) is 7.05. The molecule has 104 valence electrons. The van der Waals surface area contributed by atoms with Crippen molar-refractivity contribution >= 4 is 0 Å². The van der Waals surface area contributed by atoms with E-state index in [-0.39, 0.29) is 6.10 Å². The quantitative estimate of drug-likeness (QED) is 0.930. The van der Waals surface area contributed by atoms with Crippen molar-refractivity contribution in [2.75, 3.05) is 0 Å². The number of rotatable bonds is 3. The Hall–Kier alpha value is -1.94. The van der Waals surface area contributed by atoms with Gasteiger partial charge in [0.2, 0.25) is 0 Å². The van der Waals surface area contributed by atoms with Crippen molar-refractivity contribution in [2.45, 2.75) is 38.8 Å². The maximum absolute atomic E-state index is 6.00. The van der Waals surface area contributed by atoms with E-state index >= 15 is 0 Å². The van der Waals surface area contributed by atoms with Crippen LogP contribution in [-0.4, -0.2) is 9.97 Å². The summed E-state index contributed by atoms with van der Waals surface area (Å²) >= 11 is 0. The van der Waals surface area contributed by atoms with E-state index in [1.165, 1.54) is 11.1 Å². The van der Waals surface area contributed by atoms with Crippen LogP contribution in [0.1, 0.15) is 41.3 Å². The summed E-state index contributed by atoms with van der Waals surface area (Å²) in [5.74, 6) is 0. The monoisotopic (exact) mass is 269 g/mol. The number of aromatic nitrogens is 2. The third-order valence-corrected chi connectivity index (χ3v) is 3.84. The first kappa shape index (κ1) is 13.1. The average Bonchev–Trinajstić information content (AvgIpc) is 2.48. The predicted octanol–water partition coefficient (Wildman–Crippen LogP) is 2.70. The zero-order valence-electron chi connectivity index (χ0n) is 11.7. The smallest absolute Gasteiger partial charge is 0.317 e. The molecule has 0 spiro atoms. The van der Waals surface area contributed by atoms with Crippen LogP contribution in [0.25, 0.3) is 0 Å². The molecule has 1 atom stereocenters. The van der Waals surface area contributed by atoms with E-state index in [0.717, 1.165) is 30.5 Å². The van der Waals surface area contributed by atoms with Gasteiger partial charge in [-0.15, -0.1) is 0 Å². The number of ether oxygens (including phenoxy) is 1. The minimum absolute atomic E-state index is 0.0584. The van der Waals surface area contributed by atoms with E-state index < -0.39 is 0 Å². The van der Waals surface area contributed by atoms with Gasteiger partial charge in [0.15, 0.2) is 0 Å². The van der Waals surface area contributed by atoms with Crippen LogP contribution in [-0.2, 0) is 13.0 Å². The second-order valence-electron chi connectivity index (χ2n) is 5.16. The summed E-state index contributed by atoms with van der Waals surface area (Å²) in [6.07, 6.45) is 5.09. The van der Waals surface area contributed by atoms with Crippen LogP contribution in [0, 0.1) is 6.92 Å². The Morgan fingerprint density at radius 1 is 1.35 bits per heavy atom. The van der Waals surface area contributed by atoms with E-state index in [2.05, 4.69) is 34.2 Å². The van der Waals surface area contributed by atoms with Crippen LogP contribution in [0.5, 0.6) is 6.01 Å². The molecule has 0 amide bonds. The number of fused-ring (bicyclic) bond motifs is 1. The second kappa shape index (κ2) is 5.59. The molecule has 4 heteroatoms.